The van der Waals surface area contributed by atoms with Gasteiger partial charge in [-0.3, -0.25) is 14.3 Å². The van der Waals surface area contributed by atoms with Gasteiger partial charge in [-0.2, -0.15) is 0 Å². The van der Waals surface area contributed by atoms with Crippen LogP contribution in [0.15, 0.2) is 81.3 Å². The summed E-state index contributed by atoms with van der Waals surface area (Å²) >= 11 is 0. The molecule has 0 aliphatic carbocycles. The van der Waals surface area contributed by atoms with Crippen LogP contribution in [0.5, 0.6) is 0 Å². The molecule has 156 valence electrons. The summed E-state index contributed by atoms with van der Waals surface area (Å²) in [6.45, 7) is 5.43. The Labute approximate surface area is 177 Å². The lowest BCUT2D eigenvalue weighted by atomic mass is 10.1. The molecule has 2 aromatic carbocycles. The van der Waals surface area contributed by atoms with E-state index in [1.165, 1.54) is 10.7 Å². The third kappa shape index (κ3) is 3.50. The molecule has 1 N–H and O–H groups in total. The molecule has 0 unspecified atom stereocenters. The smallest absolute Gasteiger partial charge is 0.349 e. The van der Waals surface area contributed by atoms with E-state index in [1.807, 2.05) is 30.3 Å². The van der Waals surface area contributed by atoms with E-state index >= 15 is 0 Å². The molecule has 0 aliphatic rings. The number of aromatic nitrogens is 2. The second kappa shape index (κ2) is 7.95. The number of para-hydroxylation sites is 2. The van der Waals surface area contributed by atoms with Crippen molar-refractivity contribution in [3.63, 3.8) is 0 Å². The largest absolute Gasteiger partial charge is 0.422 e. The summed E-state index contributed by atoms with van der Waals surface area (Å²) in [5.74, 6) is -0.698. The zero-order chi connectivity index (χ0) is 22.1. The fraction of sp³-hybridized carbons (Fsp3) is 0.125. The van der Waals surface area contributed by atoms with Crippen molar-refractivity contribution < 1.29 is 9.21 Å². The fourth-order valence-electron chi connectivity index (χ4n) is 3.57. The Bertz CT molecular complexity index is 1430. The van der Waals surface area contributed by atoms with E-state index < -0.39 is 17.1 Å². The highest BCUT2D eigenvalue weighted by atomic mass is 16.4. The van der Waals surface area contributed by atoms with Gasteiger partial charge in [-0.15, -0.1) is 6.58 Å². The Hall–Kier alpha value is -4.13. The molecule has 7 nitrogen and oxygen atoms in total. The minimum absolute atomic E-state index is 0.108. The number of nitrogens with zero attached hydrogens (tertiary/aromatic N) is 2. The molecule has 0 bridgehead atoms. The van der Waals surface area contributed by atoms with Gasteiger partial charge < -0.3 is 9.73 Å². The Kier molecular flexibility index (Phi) is 5.17. The summed E-state index contributed by atoms with van der Waals surface area (Å²) < 4.78 is 8.55. The van der Waals surface area contributed by atoms with E-state index in [2.05, 4.69) is 11.9 Å². The van der Waals surface area contributed by atoms with E-state index in [-0.39, 0.29) is 11.3 Å². The molecule has 31 heavy (non-hydrogen) atoms. The van der Waals surface area contributed by atoms with Crippen LogP contribution >= 0.6 is 0 Å². The normalized spacial score (nSPS) is 10.9. The molecule has 0 saturated carbocycles. The highest BCUT2D eigenvalue weighted by molar-refractivity contribution is 6.05. The van der Waals surface area contributed by atoms with Crippen LogP contribution in [0.4, 0.5) is 5.69 Å². The van der Waals surface area contributed by atoms with Crippen molar-refractivity contribution in [3.05, 3.63) is 105 Å². The van der Waals surface area contributed by atoms with Crippen LogP contribution in [0.2, 0.25) is 0 Å². The summed E-state index contributed by atoms with van der Waals surface area (Å²) in [7, 11) is 1.73. The standard InChI is InChI=1S/C24H21N3O4/c1-4-9-16-10-8-11-17-14-19(24(30)31-21(16)17)22(28)25-20-15(2)26(3)27(23(20)29)18-12-6-5-7-13-18/h4-8,10-14H,1,9H2,2-3H3,(H,25,28). The first-order chi connectivity index (χ1) is 14.9. The van der Waals surface area contributed by atoms with E-state index in [0.29, 0.717) is 28.8 Å². The highest BCUT2D eigenvalue weighted by Crippen LogP contribution is 2.20. The number of nitrogens with one attached hydrogen (secondary N) is 1. The minimum atomic E-state index is -0.765. The Morgan fingerprint density at radius 3 is 2.58 bits per heavy atom. The van der Waals surface area contributed by atoms with Crippen LogP contribution in [0.1, 0.15) is 21.6 Å². The average molecular weight is 415 g/mol. The Balaban J connectivity index is 1.75. The summed E-state index contributed by atoms with van der Waals surface area (Å²) in [6.07, 6.45) is 2.25. The monoisotopic (exact) mass is 415 g/mol. The third-order valence-electron chi connectivity index (χ3n) is 5.24. The zero-order valence-electron chi connectivity index (χ0n) is 17.2. The van der Waals surface area contributed by atoms with Gasteiger partial charge in [0.2, 0.25) is 0 Å². The number of carbonyl (C=O) groups is 1. The van der Waals surface area contributed by atoms with Crippen molar-refractivity contribution in [2.45, 2.75) is 13.3 Å². The van der Waals surface area contributed by atoms with Crippen molar-refractivity contribution in [1.29, 1.82) is 0 Å². The van der Waals surface area contributed by atoms with Gasteiger partial charge in [0.05, 0.1) is 11.4 Å². The Morgan fingerprint density at radius 2 is 1.87 bits per heavy atom. The van der Waals surface area contributed by atoms with Gasteiger partial charge in [0.25, 0.3) is 11.5 Å². The van der Waals surface area contributed by atoms with E-state index in [4.69, 9.17) is 4.42 Å². The molecule has 0 atom stereocenters. The number of rotatable bonds is 5. The molecule has 7 heteroatoms. The molecule has 1 amide bonds. The summed E-state index contributed by atoms with van der Waals surface area (Å²) in [4.78, 5) is 38.5. The maximum absolute atomic E-state index is 13.0. The van der Waals surface area contributed by atoms with Gasteiger partial charge in [-0.1, -0.05) is 42.5 Å². The molecule has 0 aliphatic heterocycles. The maximum Gasteiger partial charge on any atom is 0.349 e. The molecule has 0 radical (unpaired) electrons. The molecular weight excluding hydrogens is 394 g/mol. The molecule has 2 aromatic heterocycles. The number of benzene rings is 2. The molecule has 0 saturated heterocycles. The van der Waals surface area contributed by atoms with Crippen LogP contribution in [-0.2, 0) is 13.5 Å². The van der Waals surface area contributed by atoms with E-state index in [0.717, 1.165) is 5.56 Å². The number of hydrogen-bond acceptors (Lipinski definition) is 4. The van der Waals surface area contributed by atoms with Crippen molar-refractivity contribution >= 4 is 22.6 Å². The van der Waals surface area contributed by atoms with Gasteiger partial charge in [0.1, 0.15) is 16.8 Å². The molecule has 2 heterocycles. The van der Waals surface area contributed by atoms with Crippen molar-refractivity contribution in [3.8, 4) is 5.69 Å². The predicted octanol–water partition coefficient (Wildman–Crippen LogP) is 3.57. The second-order valence-electron chi connectivity index (χ2n) is 7.17. The van der Waals surface area contributed by atoms with Gasteiger partial charge in [0, 0.05) is 12.4 Å². The van der Waals surface area contributed by atoms with Crippen LogP contribution in [0.3, 0.4) is 0 Å². The number of amides is 1. The number of fused-ring (bicyclic) bond motifs is 1. The first kappa shape index (κ1) is 20.2. The number of anilines is 1. The summed E-state index contributed by atoms with van der Waals surface area (Å²) in [5.41, 5.74) is 1.23. The minimum Gasteiger partial charge on any atom is -0.422 e. The Morgan fingerprint density at radius 1 is 1.13 bits per heavy atom. The van der Waals surface area contributed by atoms with Gasteiger partial charge in [0.15, 0.2) is 0 Å². The third-order valence-corrected chi connectivity index (χ3v) is 5.24. The molecule has 4 aromatic rings. The van der Waals surface area contributed by atoms with Crippen LogP contribution in [-0.4, -0.2) is 15.3 Å². The quantitative estimate of drug-likeness (QED) is 0.399. The van der Waals surface area contributed by atoms with Crippen LogP contribution in [0.25, 0.3) is 16.7 Å². The number of carbonyl (C=O) groups excluding carboxylic acids is 1. The van der Waals surface area contributed by atoms with Crippen LogP contribution in [0, 0.1) is 6.92 Å². The summed E-state index contributed by atoms with van der Waals surface area (Å²) in [5, 5.41) is 3.22. The second-order valence-corrected chi connectivity index (χ2v) is 7.17. The highest BCUT2D eigenvalue weighted by Gasteiger charge is 2.21. The summed E-state index contributed by atoms with van der Waals surface area (Å²) in [6, 6.07) is 16.0. The van der Waals surface area contributed by atoms with E-state index in [1.54, 1.807) is 42.9 Å². The number of allylic oxidation sites excluding steroid dienone is 1. The topological polar surface area (TPSA) is 86.2 Å². The first-order valence-corrected chi connectivity index (χ1v) is 9.74. The fourth-order valence-corrected chi connectivity index (χ4v) is 3.57. The lowest BCUT2D eigenvalue weighted by Gasteiger charge is -2.07. The zero-order valence-corrected chi connectivity index (χ0v) is 17.2. The molecule has 0 fully saturated rings. The lowest BCUT2D eigenvalue weighted by molar-refractivity contribution is 0.102. The SMILES string of the molecule is C=CCc1cccc2cc(C(=O)Nc3c(C)n(C)n(-c4ccccc4)c3=O)c(=O)oc12. The van der Waals surface area contributed by atoms with Crippen molar-refractivity contribution in [2.75, 3.05) is 5.32 Å². The van der Waals surface area contributed by atoms with Gasteiger partial charge in [-0.05, 0) is 37.1 Å². The average Bonchev–Trinajstić information content (AvgIpc) is 2.97. The first-order valence-electron chi connectivity index (χ1n) is 9.74. The molecule has 4 rings (SSSR count). The van der Waals surface area contributed by atoms with E-state index in [9.17, 15) is 14.4 Å². The van der Waals surface area contributed by atoms with Gasteiger partial charge in [-0.25, -0.2) is 9.48 Å². The molecule has 0 spiro atoms. The van der Waals surface area contributed by atoms with Crippen molar-refractivity contribution in [1.82, 2.24) is 9.36 Å². The molecular formula is C24H21N3O4. The van der Waals surface area contributed by atoms with Crippen LogP contribution < -0.4 is 16.5 Å². The van der Waals surface area contributed by atoms with Gasteiger partial charge >= 0.3 is 5.63 Å². The number of hydrogen-bond donors (Lipinski definition) is 1. The lowest BCUT2D eigenvalue weighted by Crippen LogP contribution is -2.25. The maximum atomic E-state index is 13.0. The predicted molar refractivity (Wildman–Crippen MR) is 120 cm³/mol. The van der Waals surface area contributed by atoms with Crippen molar-refractivity contribution in [2.24, 2.45) is 7.05 Å².